The maximum atomic E-state index is 12.6. The number of nitrogens with zero attached hydrogens (tertiary/aromatic N) is 3. The Kier molecular flexibility index (Phi) is 11.3. The zero-order valence-corrected chi connectivity index (χ0v) is 35.0. The number of ether oxygens (including phenoxy) is 3. The van der Waals surface area contributed by atoms with Crippen LogP contribution in [0, 0.1) is 0 Å². The van der Waals surface area contributed by atoms with Gasteiger partial charge in [-0.2, -0.15) is 0 Å². The van der Waals surface area contributed by atoms with E-state index in [2.05, 4.69) is 15.1 Å². The first kappa shape index (κ1) is 40.6. The molecular formula is C49H46N4O8S. The van der Waals surface area contributed by atoms with Crippen molar-refractivity contribution in [2.24, 2.45) is 0 Å². The van der Waals surface area contributed by atoms with E-state index in [4.69, 9.17) is 14.2 Å². The van der Waals surface area contributed by atoms with Crippen molar-refractivity contribution >= 4 is 48.9 Å². The molecule has 2 aliphatic rings. The van der Waals surface area contributed by atoms with Gasteiger partial charge in [-0.15, -0.1) is 0 Å². The van der Waals surface area contributed by atoms with E-state index in [1.54, 1.807) is 28.8 Å². The molecule has 9 rings (SSSR count). The van der Waals surface area contributed by atoms with Gasteiger partial charge in [0, 0.05) is 79.0 Å². The third-order valence-electron chi connectivity index (χ3n) is 11.6. The van der Waals surface area contributed by atoms with Crippen molar-refractivity contribution < 1.29 is 37.3 Å². The summed E-state index contributed by atoms with van der Waals surface area (Å²) in [4.78, 5) is 29.2. The molecule has 2 saturated heterocycles. The van der Waals surface area contributed by atoms with Crippen molar-refractivity contribution in [1.82, 2.24) is 14.8 Å². The van der Waals surface area contributed by atoms with Crippen molar-refractivity contribution in [3.63, 3.8) is 0 Å². The summed E-state index contributed by atoms with van der Waals surface area (Å²) in [6.45, 7) is 4.93. The molecule has 62 heavy (non-hydrogen) atoms. The monoisotopic (exact) mass is 850 g/mol. The van der Waals surface area contributed by atoms with Crippen molar-refractivity contribution in [2.45, 2.75) is 30.4 Å². The summed E-state index contributed by atoms with van der Waals surface area (Å²) < 4.78 is 44.9. The minimum atomic E-state index is -3.35. The lowest BCUT2D eigenvalue weighted by Crippen LogP contribution is -2.47. The number of fused-ring (bicyclic) bond motifs is 2. The number of piperidine rings is 1. The highest BCUT2D eigenvalue weighted by atomic mass is 32.2. The molecule has 6 aromatic carbocycles. The van der Waals surface area contributed by atoms with E-state index in [0.29, 0.717) is 36.5 Å². The van der Waals surface area contributed by atoms with Crippen LogP contribution in [0.4, 0.5) is 5.69 Å². The fourth-order valence-corrected chi connectivity index (χ4v) is 8.87. The van der Waals surface area contributed by atoms with E-state index in [0.717, 1.165) is 82.8 Å². The molecular weight excluding hydrogens is 805 g/mol. The SMILES string of the molecule is CS(=O)(=O)c1ccc(-c2ccc3cc(OCc4ccccc4)ccc3c2Oc2ccc(OCCN3CCN(c4cccc5c(O)n(C6CCC(=O)NC6=O)cc45)CC3)cc2)cc1. The van der Waals surface area contributed by atoms with Crippen LogP contribution in [0.5, 0.6) is 28.9 Å². The molecule has 0 radical (unpaired) electrons. The van der Waals surface area contributed by atoms with Crippen LogP contribution < -0.4 is 24.4 Å². The number of rotatable bonds is 13. The quantitative estimate of drug-likeness (QED) is 0.109. The van der Waals surface area contributed by atoms with Gasteiger partial charge in [-0.1, -0.05) is 54.6 Å². The van der Waals surface area contributed by atoms with Gasteiger partial charge in [0.1, 0.15) is 42.3 Å². The van der Waals surface area contributed by atoms with Crippen LogP contribution in [-0.2, 0) is 26.0 Å². The van der Waals surface area contributed by atoms with Crippen LogP contribution in [0.25, 0.3) is 32.7 Å². The molecule has 2 amide bonds. The summed E-state index contributed by atoms with van der Waals surface area (Å²) in [6, 6.07) is 39.5. The first-order valence-corrected chi connectivity index (χ1v) is 22.5. The summed E-state index contributed by atoms with van der Waals surface area (Å²) in [6.07, 6.45) is 3.61. The molecule has 0 saturated carbocycles. The zero-order chi connectivity index (χ0) is 42.8. The van der Waals surface area contributed by atoms with Crippen LogP contribution in [0.15, 0.2) is 138 Å². The third-order valence-corrected chi connectivity index (χ3v) is 12.7. The average Bonchev–Trinajstić information content (AvgIpc) is 3.62. The van der Waals surface area contributed by atoms with E-state index >= 15 is 0 Å². The molecule has 3 heterocycles. The lowest BCUT2D eigenvalue weighted by molar-refractivity contribution is -0.135. The fourth-order valence-electron chi connectivity index (χ4n) is 8.24. The number of sulfone groups is 1. The van der Waals surface area contributed by atoms with E-state index in [1.165, 1.54) is 6.26 Å². The molecule has 2 fully saturated rings. The van der Waals surface area contributed by atoms with Crippen LogP contribution >= 0.6 is 0 Å². The minimum absolute atomic E-state index is 0.0308. The van der Waals surface area contributed by atoms with Gasteiger partial charge in [0.25, 0.3) is 0 Å². The van der Waals surface area contributed by atoms with Crippen molar-refractivity contribution in [2.75, 3.05) is 50.5 Å². The topological polar surface area (TPSA) is 140 Å². The summed E-state index contributed by atoms with van der Waals surface area (Å²) in [5.41, 5.74) is 3.71. The Morgan fingerprint density at radius 3 is 2.23 bits per heavy atom. The van der Waals surface area contributed by atoms with Crippen molar-refractivity contribution in [1.29, 1.82) is 0 Å². The molecule has 0 bridgehead atoms. The maximum Gasteiger partial charge on any atom is 0.249 e. The molecule has 1 aromatic heterocycles. The standard InChI is InChI=1S/C49H46N4O8S/c1-62(57,58)39-18-10-34(11-19-39)40-20-12-35-30-38(60-32-33-6-3-2-4-7-33)17-21-41(35)47(40)61-37-15-13-36(14-16-37)59-29-28-51-24-26-52(27-25-51)44-9-5-8-42-43(44)31-53(49(42)56)45-22-23-46(54)50-48(45)55/h2-21,30-31,45,56H,22-29,32H2,1H3,(H,50,54,55). The predicted octanol–water partition coefficient (Wildman–Crippen LogP) is 8.12. The van der Waals surface area contributed by atoms with E-state index in [9.17, 15) is 23.1 Å². The highest BCUT2D eigenvalue weighted by Gasteiger charge is 2.31. The molecule has 7 aromatic rings. The van der Waals surface area contributed by atoms with Crippen LogP contribution in [-0.4, -0.2) is 80.4 Å². The van der Waals surface area contributed by atoms with Gasteiger partial charge in [-0.25, -0.2) is 8.42 Å². The summed E-state index contributed by atoms with van der Waals surface area (Å²) >= 11 is 0. The smallest absolute Gasteiger partial charge is 0.249 e. The van der Waals surface area contributed by atoms with Gasteiger partial charge in [-0.05, 0) is 95.7 Å². The number of amides is 2. The molecule has 12 nitrogen and oxygen atoms in total. The van der Waals surface area contributed by atoms with E-state index in [1.807, 2.05) is 109 Å². The lowest BCUT2D eigenvalue weighted by Gasteiger charge is -2.36. The number of benzene rings is 6. The van der Waals surface area contributed by atoms with Gasteiger partial charge < -0.3 is 28.8 Å². The molecule has 1 unspecified atom stereocenters. The molecule has 1 atom stereocenters. The van der Waals surface area contributed by atoms with Crippen LogP contribution in [0.1, 0.15) is 24.4 Å². The Morgan fingerprint density at radius 2 is 1.48 bits per heavy atom. The zero-order valence-electron chi connectivity index (χ0n) is 34.2. The first-order valence-electron chi connectivity index (χ1n) is 20.7. The molecule has 0 spiro atoms. The van der Waals surface area contributed by atoms with Gasteiger partial charge in [0.05, 0.1) is 4.90 Å². The van der Waals surface area contributed by atoms with Gasteiger partial charge in [0.2, 0.25) is 11.8 Å². The van der Waals surface area contributed by atoms with Gasteiger partial charge in [-0.3, -0.25) is 19.8 Å². The average molecular weight is 851 g/mol. The molecule has 0 aliphatic carbocycles. The highest BCUT2D eigenvalue weighted by Crippen LogP contribution is 2.42. The molecule has 13 heteroatoms. The van der Waals surface area contributed by atoms with Crippen molar-refractivity contribution in [3.05, 3.63) is 139 Å². The van der Waals surface area contributed by atoms with Gasteiger partial charge >= 0.3 is 0 Å². The first-order chi connectivity index (χ1) is 30.1. The summed E-state index contributed by atoms with van der Waals surface area (Å²) in [7, 11) is -3.35. The van der Waals surface area contributed by atoms with Crippen LogP contribution in [0.3, 0.4) is 0 Å². The number of nitrogens with one attached hydrogen (secondary N) is 1. The van der Waals surface area contributed by atoms with Gasteiger partial charge in [0.15, 0.2) is 15.7 Å². The highest BCUT2D eigenvalue weighted by molar-refractivity contribution is 7.90. The van der Waals surface area contributed by atoms with E-state index < -0.39 is 21.8 Å². The Balaban J connectivity index is 0.844. The number of aromatic hydroxyl groups is 1. The maximum absolute atomic E-state index is 12.6. The summed E-state index contributed by atoms with van der Waals surface area (Å²) in [5.74, 6) is 2.06. The fraction of sp³-hybridized carbons (Fsp3) is 0.224. The Labute approximate surface area is 359 Å². The number of imide groups is 1. The number of piperazine rings is 1. The Bertz CT molecular complexity index is 2870. The number of anilines is 1. The third kappa shape index (κ3) is 8.67. The van der Waals surface area contributed by atoms with Crippen molar-refractivity contribution in [3.8, 4) is 40.0 Å². The molecule has 2 N–H and O–H groups in total. The molecule has 316 valence electrons. The Morgan fingerprint density at radius 1 is 0.742 bits per heavy atom. The second kappa shape index (κ2) is 17.3. The largest absolute Gasteiger partial charge is 0.494 e. The lowest BCUT2D eigenvalue weighted by atomic mass is 9.99. The number of carbonyl (C=O) groups excluding carboxylic acids is 2. The second-order valence-electron chi connectivity index (χ2n) is 15.7. The predicted molar refractivity (Wildman–Crippen MR) is 239 cm³/mol. The minimum Gasteiger partial charge on any atom is -0.494 e. The summed E-state index contributed by atoms with van der Waals surface area (Å²) in [5, 5.41) is 16.8. The second-order valence-corrected chi connectivity index (χ2v) is 17.7. The number of hydrogen-bond donors (Lipinski definition) is 2. The van der Waals surface area contributed by atoms with E-state index in [-0.39, 0.29) is 23.1 Å². The molecule has 2 aliphatic heterocycles. The number of hydrogen-bond acceptors (Lipinski definition) is 10. The Hall–Kier alpha value is -6.83. The number of carbonyl (C=O) groups is 2. The number of aromatic nitrogens is 1. The van der Waals surface area contributed by atoms with Crippen LogP contribution in [0.2, 0.25) is 0 Å². The normalized spacial score (nSPS) is 16.1.